The summed E-state index contributed by atoms with van der Waals surface area (Å²) in [6, 6.07) is 3.64. The van der Waals surface area contributed by atoms with Crippen molar-refractivity contribution in [3.05, 3.63) is 23.5 Å². The second-order valence-corrected chi connectivity index (χ2v) is 4.49. The van der Waals surface area contributed by atoms with Crippen molar-refractivity contribution >= 4 is 0 Å². The van der Waals surface area contributed by atoms with Crippen LogP contribution in [0, 0.1) is 11.3 Å². The van der Waals surface area contributed by atoms with Crippen molar-refractivity contribution in [2.75, 3.05) is 39.8 Å². The van der Waals surface area contributed by atoms with Gasteiger partial charge in [0.2, 0.25) is 0 Å². The minimum atomic E-state index is -0.667. The van der Waals surface area contributed by atoms with Gasteiger partial charge in [0, 0.05) is 45.0 Å². The Labute approximate surface area is 112 Å². The quantitative estimate of drug-likeness (QED) is 0.788. The van der Waals surface area contributed by atoms with Crippen LogP contribution in [0.25, 0.3) is 0 Å². The molecule has 0 aliphatic carbocycles. The summed E-state index contributed by atoms with van der Waals surface area (Å²) >= 11 is 0. The van der Waals surface area contributed by atoms with Crippen LogP contribution in [0.3, 0.4) is 0 Å². The molecule has 2 rings (SSSR count). The summed E-state index contributed by atoms with van der Waals surface area (Å²) in [5.41, 5.74) is 0.912. The normalized spacial score (nSPS) is 17.7. The Hall–Kier alpha value is -1.68. The number of aromatic nitrogens is 1. The highest BCUT2D eigenvalue weighted by atomic mass is 16.5. The first-order chi connectivity index (χ1) is 9.24. The Morgan fingerprint density at radius 2 is 2.32 bits per heavy atom. The van der Waals surface area contributed by atoms with E-state index in [-0.39, 0.29) is 0 Å². The van der Waals surface area contributed by atoms with Gasteiger partial charge in [0.1, 0.15) is 23.5 Å². The van der Waals surface area contributed by atoms with Crippen molar-refractivity contribution in [2.24, 2.45) is 0 Å². The van der Waals surface area contributed by atoms with Crippen molar-refractivity contribution in [3.8, 4) is 11.8 Å². The molecule has 0 bridgehead atoms. The summed E-state index contributed by atoms with van der Waals surface area (Å²) in [7, 11) is 1.50. The molecule has 2 heterocycles. The van der Waals surface area contributed by atoms with Gasteiger partial charge in [-0.3, -0.25) is 9.88 Å². The first-order valence-corrected chi connectivity index (χ1v) is 6.29. The molecular weight excluding hydrogens is 244 g/mol. The summed E-state index contributed by atoms with van der Waals surface area (Å²) < 4.78 is 5.12. The molecule has 1 aromatic heterocycles. The average molecular weight is 262 g/mol. The zero-order valence-corrected chi connectivity index (χ0v) is 11.0. The maximum Gasteiger partial charge on any atom is 0.140 e. The van der Waals surface area contributed by atoms with Crippen molar-refractivity contribution in [1.82, 2.24) is 15.2 Å². The number of methoxy groups -OCH3 is 1. The van der Waals surface area contributed by atoms with Crippen molar-refractivity contribution in [1.29, 1.82) is 5.26 Å². The van der Waals surface area contributed by atoms with Crippen LogP contribution >= 0.6 is 0 Å². The predicted octanol–water partition coefficient (Wildman–Crippen LogP) is -0.0995. The van der Waals surface area contributed by atoms with Gasteiger partial charge >= 0.3 is 0 Å². The lowest BCUT2D eigenvalue weighted by molar-refractivity contribution is 0.102. The molecule has 1 saturated heterocycles. The predicted molar refractivity (Wildman–Crippen MR) is 69.8 cm³/mol. The zero-order valence-electron chi connectivity index (χ0n) is 11.0. The van der Waals surface area contributed by atoms with Gasteiger partial charge in [-0.05, 0) is 0 Å². The van der Waals surface area contributed by atoms with Crippen molar-refractivity contribution < 1.29 is 9.84 Å². The van der Waals surface area contributed by atoms with Gasteiger partial charge < -0.3 is 15.2 Å². The van der Waals surface area contributed by atoms with E-state index in [1.807, 2.05) is 6.07 Å². The summed E-state index contributed by atoms with van der Waals surface area (Å²) in [5, 5.41) is 22.4. The van der Waals surface area contributed by atoms with E-state index in [0.717, 1.165) is 26.2 Å². The Morgan fingerprint density at radius 3 is 2.95 bits per heavy atom. The van der Waals surface area contributed by atoms with E-state index in [4.69, 9.17) is 10.00 Å². The zero-order chi connectivity index (χ0) is 13.7. The van der Waals surface area contributed by atoms with Gasteiger partial charge in [-0.15, -0.1) is 0 Å². The first kappa shape index (κ1) is 13.7. The molecule has 1 aliphatic heterocycles. The van der Waals surface area contributed by atoms with Crippen LogP contribution in [0.2, 0.25) is 0 Å². The maximum atomic E-state index is 10.2. The maximum absolute atomic E-state index is 10.2. The summed E-state index contributed by atoms with van der Waals surface area (Å²) in [6.07, 6.45) is 0.773. The Kier molecular flexibility index (Phi) is 4.68. The van der Waals surface area contributed by atoms with Crippen LogP contribution < -0.4 is 10.1 Å². The Morgan fingerprint density at radius 1 is 1.58 bits per heavy atom. The number of nitrogens with one attached hydrogen (secondary N) is 1. The minimum Gasteiger partial charge on any atom is -0.495 e. The molecule has 19 heavy (non-hydrogen) atoms. The molecule has 0 radical (unpaired) electrons. The van der Waals surface area contributed by atoms with Gasteiger partial charge in [0.15, 0.2) is 0 Å². The number of piperazine rings is 1. The first-order valence-electron chi connectivity index (χ1n) is 6.29. The number of nitriles is 1. The number of rotatable bonds is 4. The lowest BCUT2D eigenvalue weighted by atomic mass is 10.1. The second-order valence-electron chi connectivity index (χ2n) is 4.49. The third kappa shape index (κ3) is 3.41. The minimum absolute atomic E-state index is 0.376. The van der Waals surface area contributed by atoms with E-state index in [1.54, 1.807) is 6.07 Å². The largest absolute Gasteiger partial charge is 0.495 e. The van der Waals surface area contributed by atoms with E-state index in [0.29, 0.717) is 23.6 Å². The number of pyridine rings is 1. The van der Waals surface area contributed by atoms with E-state index < -0.39 is 6.10 Å². The summed E-state index contributed by atoms with van der Waals surface area (Å²) in [6.45, 7) is 4.27. The van der Waals surface area contributed by atoms with Crippen molar-refractivity contribution in [2.45, 2.75) is 6.10 Å². The molecule has 1 aliphatic rings. The molecule has 0 amide bonds. The van der Waals surface area contributed by atoms with Gasteiger partial charge in [0.05, 0.1) is 12.8 Å². The van der Waals surface area contributed by atoms with Gasteiger partial charge in [-0.2, -0.15) is 5.26 Å². The molecule has 1 atom stereocenters. The Balaban J connectivity index is 2.06. The van der Waals surface area contributed by atoms with E-state index in [1.165, 1.54) is 13.3 Å². The summed E-state index contributed by atoms with van der Waals surface area (Å²) in [5.74, 6) is 0.451. The molecule has 1 fully saturated rings. The molecule has 102 valence electrons. The molecule has 6 heteroatoms. The highest BCUT2D eigenvalue weighted by Gasteiger charge is 2.18. The van der Waals surface area contributed by atoms with Gasteiger partial charge in [-0.25, -0.2) is 0 Å². The third-order valence-corrected chi connectivity index (χ3v) is 3.21. The lowest BCUT2D eigenvalue weighted by Crippen LogP contribution is -2.45. The second kappa shape index (κ2) is 6.48. The lowest BCUT2D eigenvalue weighted by Gasteiger charge is -2.28. The number of hydrogen-bond donors (Lipinski definition) is 2. The van der Waals surface area contributed by atoms with Gasteiger partial charge in [-0.1, -0.05) is 0 Å². The highest BCUT2D eigenvalue weighted by molar-refractivity contribution is 5.42. The topological polar surface area (TPSA) is 81.4 Å². The fraction of sp³-hybridized carbons (Fsp3) is 0.538. The number of β-amino-alcohol motifs (C(OH)–C–C–N with tert-alkyl or cyclic N) is 1. The van der Waals surface area contributed by atoms with E-state index in [2.05, 4.69) is 15.2 Å². The van der Waals surface area contributed by atoms with Crippen LogP contribution in [0.15, 0.2) is 12.3 Å². The van der Waals surface area contributed by atoms with Gasteiger partial charge in [0.25, 0.3) is 0 Å². The summed E-state index contributed by atoms with van der Waals surface area (Å²) in [4.78, 5) is 6.32. The van der Waals surface area contributed by atoms with Crippen LogP contribution in [0.5, 0.6) is 5.75 Å². The third-order valence-electron chi connectivity index (χ3n) is 3.21. The molecule has 0 aromatic carbocycles. The number of nitrogens with zero attached hydrogens (tertiary/aromatic N) is 3. The fourth-order valence-corrected chi connectivity index (χ4v) is 2.12. The molecule has 0 saturated carbocycles. The molecule has 1 aromatic rings. The number of ether oxygens (including phenoxy) is 1. The highest BCUT2D eigenvalue weighted by Crippen LogP contribution is 2.21. The molecular formula is C13H18N4O2. The molecule has 2 N–H and O–H groups in total. The van der Waals surface area contributed by atoms with Crippen LogP contribution in [0.4, 0.5) is 0 Å². The SMILES string of the molecule is COc1cc(C(O)CN2CCNCC2)ncc1C#N. The van der Waals surface area contributed by atoms with Crippen molar-refractivity contribution in [3.63, 3.8) is 0 Å². The molecule has 0 spiro atoms. The van der Waals surface area contributed by atoms with E-state index in [9.17, 15) is 5.11 Å². The average Bonchev–Trinajstić information content (AvgIpc) is 2.47. The molecule has 1 unspecified atom stereocenters. The smallest absolute Gasteiger partial charge is 0.140 e. The number of aliphatic hydroxyl groups is 1. The Bertz CT molecular complexity index is 466. The van der Waals surface area contributed by atoms with Crippen LogP contribution in [-0.4, -0.2) is 54.8 Å². The van der Waals surface area contributed by atoms with E-state index >= 15 is 0 Å². The van der Waals surface area contributed by atoms with Crippen LogP contribution in [-0.2, 0) is 0 Å². The monoisotopic (exact) mass is 262 g/mol. The van der Waals surface area contributed by atoms with Crippen LogP contribution in [0.1, 0.15) is 17.4 Å². The molecule has 6 nitrogen and oxygen atoms in total. The fourth-order valence-electron chi connectivity index (χ4n) is 2.12. The standard InChI is InChI=1S/C13H18N4O2/c1-19-13-6-11(16-8-10(13)7-14)12(18)9-17-4-2-15-3-5-17/h6,8,12,15,18H,2-5,9H2,1H3. The number of hydrogen-bond acceptors (Lipinski definition) is 6. The number of aliphatic hydroxyl groups excluding tert-OH is 1.